The van der Waals surface area contributed by atoms with Crippen LogP contribution in [-0.2, 0) is 0 Å². The number of ether oxygens (including phenoxy) is 1. The van der Waals surface area contributed by atoms with Crippen molar-refractivity contribution in [1.29, 1.82) is 0 Å². The Morgan fingerprint density at radius 1 is 1.04 bits per heavy atom. The highest BCUT2D eigenvalue weighted by Gasteiger charge is 2.31. The maximum atomic E-state index is 12.3. The molecule has 1 aliphatic rings. The molecule has 0 unspecified atom stereocenters. The van der Waals surface area contributed by atoms with Crippen LogP contribution in [0.4, 0.5) is 13.2 Å². The molecule has 0 saturated carbocycles. The summed E-state index contributed by atoms with van der Waals surface area (Å²) in [6.07, 6.45) is -1.19. The van der Waals surface area contributed by atoms with Crippen LogP contribution in [0.5, 0.6) is 5.75 Å². The van der Waals surface area contributed by atoms with Gasteiger partial charge >= 0.3 is 6.36 Å². The molecule has 0 radical (unpaired) electrons. The highest BCUT2D eigenvalue weighted by molar-refractivity contribution is 9.10. The van der Waals surface area contributed by atoms with Crippen molar-refractivity contribution in [2.24, 2.45) is 0 Å². The molecule has 1 aromatic carbocycles. The van der Waals surface area contributed by atoms with Gasteiger partial charge in [0.05, 0.1) is 6.04 Å². The summed E-state index contributed by atoms with van der Waals surface area (Å²) in [6.45, 7) is 3.43. The van der Waals surface area contributed by atoms with Gasteiger partial charge in [-0.2, -0.15) is 0 Å². The fourth-order valence-corrected chi connectivity index (χ4v) is 3.37. The number of piperazine rings is 1. The number of alkyl halides is 3. The van der Waals surface area contributed by atoms with Crippen LogP contribution in [0.15, 0.2) is 47.2 Å². The summed E-state index contributed by atoms with van der Waals surface area (Å²) in [7, 11) is 0. The zero-order valence-corrected chi connectivity index (χ0v) is 17.3. The third-order valence-corrected chi connectivity index (χ3v) is 4.42. The number of nitrogens with one attached hydrogen (secondary N) is 1. The van der Waals surface area contributed by atoms with Crippen molar-refractivity contribution in [3.05, 3.63) is 58.3 Å². The fourth-order valence-electron chi connectivity index (χ4n) is 2.98. The molecule has 1 N–H and O–H groups in total. The maximum Gasteiger partial charge on any atom is 0.573 e. The smallest absolute Gasteiger partial charge is 0.406 e. The Balaban J connectivity index is 0.00000182. The van der Waals surface area contributed by atoms with Crippen molar-refractivity contribution >= 4 is 40.7 Å². The van der Waals surface area contributed by atoms with Crippen LogP contribution in [-0.4, -0.2) is 42.4 Å². The van der Waals surface area contributed by atoms with Crippen LogP contribution in [0, 0.1) is 0 Å². The van der Waals surface area contributed by atoms with Crippen molar-refractivity contribution in [2.45, 2.75) is 12.4 Å². The van der Waals surface area contributed by atoms with Gasteiger partial charge in [0.1, 0.15) is 5.75 Å². The number of pyridine rings is 1. The van der Waals surface area contributed by atoms with Crippen molar-refractivity contribution in [1.82, 2.24) is 15.2 Å². The summed E-state index contributed by atoms with van der Waals surface area (Å²) in [5.41, 5.74) is 1.89. The predicted octanol–water partition coefficient (Wildman–Crippen LogP) is 4.58. The predicted molar refractivity (Wildman–Crippen MR) is 106 cm³/mol. The number of rotatable bonds is 4. The first-order valence-electron chi connectivity index (χ1n) is 7.83. The molecule has 1 aliphatic heterocycles. The first-order valence-corrected chi connectivity index (χ1v) is 8.62. The summed E-state index contributed by atoms with van der Waals surface area (Å²) in [5.74, 6) is -0.220. The number of halogens is 6. The Morgan fingerprint density at radius 3 is 2.22 bits per heavy atom. The summed E-state index contributed by atoms with van der Waals surface area (Å²) < 4.78 is 41.9. The molecular weight excluding hydrogens is 470 g/mol. The van der Waals surface area contributed by atoms with E-state index in [0.29, 0.717) is 0 Å². The largest absolute Gasteiger partial charge is 0.573 e. The number of hydrogen-bond donors (Lipinski definition) is 1. The topological polar surface area (TPSA) is 37.4 Å². The van der Waals surface area contributed by atoms with Gasteiger partial charge in [-0.1, -0.05) is 12.1 Å². The normalized spacial score (nSPS) is 16.0. The molecule has 2 heterocycles. The highest BCUT2D eigenvalue weighted by Crippen LogP contribution is 2.32. The maximum absolute atomic E-state index is 12.3. The quantitative estimate of drug-likeness (QED) is 0.683. The molecular formula is C17H19BrCl2F3N3O. The first-order chi connectivity index (χ1) is 11.9. The molecule has 2 aromatic rings. The van der Waals surface area contributed by atoms with E-state index in [0.717, 1.165) is 41.8 Å². The van der Waals surface area contributed by atoms with E-state index in [-0.39, 0.29) is 36.6 Å². The second-order valence-electron chi connectivity index (χ2n) is 5.74. The third kappa shape index (κ3) is 6.80. The molecule has 4 nitrogen and oxygen atoms in total. The van der Waals surface area contributed by atoms with E-state index in [1.54, 1.807) is 24.5 Å². The van der Waals surface area contributed by atoms with Gasteiger partial charge in [0, 0.05) is 43.0 Å². The minimum atomic E-state index is -4.69. The molecule has 0 spiro atoms. The second-order valence-corrected chi connectivity index (χ2v) is 6.66. The van der Waals surface area contributed by atoms with Crippen LogP contribution in [0.25, 0.3) is 0 Å². The van der Waals surface area contributed by atoms with Gasteiger partial charge in [0.15, 0.2) is 0 Å². The molecule has 0 aliphatic carbocycles. The number of benzene rings is 1. The van der Waals surface area contributed by atoms with Crippen LogP contribution in [0.2, 0.25) is 0 Å². The van der Waals surface area contributed by atoms with E-state index >= 15 is 0 Å². The summed E-state index contributed by atoms with van der Waals surface area (Å²) in [4.78, 5) is 6.52. The van der Waals surface area contributed by atoms with E-state index in [1.165, 1.54) is 12.1 Å². The summed E-state index contributed by atoms with van der Waals surface area (Å²) in [6, 6.07) is 7.96. The minimum Gasteiger partial charge on any atom is -0.406 e. The van der Waals surface area contributed by atoms with E-state index in [2.05, 4.69) is 35.9 Å². The Kier molecular flexibility index (Phi) is 9.30. The molecule has 0 amide bonds. The second kappa shape index (κ2) is 10.5. The Morgan fingerprint density at radius 2 is 1.67 bits per heavy atom. The lowest BCUT2D eigenvalue weighted by Crippen LogP contribution is -2.45. The average Bonchev–Trinajstić information content (AvgIpc) is 2.56. The lowest BCUT2D eigenvalue weighted by atomic mass is 9.97. The van der Waals surface area contributed by atoms with Crippen LogP contribution in [0.1, 0.15) is 17.2 Å². The third-order valence-electron chi connectivity index (χ3n) is 3.99. The minimum absolute atomic E-state index is 0. The van der Waals surface area contributed by atoms with Crippen LogP contribution >= 0.6 is 40.7 Å². The molecule has 150 valence electrons. The van der Waals surface area contributed by atoms with Gasteiger partial charge in [-0.25, -0.2) is 0 Å². The van der Waals surface area contributed by atoms with Gasteiger partial charge in [0.2, 0.25) is 0 Å². The van der Waals surface area contributed by atoms with E-state index in [4.69, 9.17) is 0 Å². The molecule has 27 heavy (non-hydrogen) atoms. The molecule has 1 saturated heterocycles. The average molecular weight is 489 g/mol. The van der Waals surface area contributed by atoms with Gasteiger partial charge in [-0.05, 0) is 45.3 Å². The molecule has 1 atom stereocenters. The van der Waals surface area contributed by atoms with E-state index in [1.807, 2.05) is 6.07 Å². The molecule has 0 bridgehead atoms. The number of nitrogens with zero attached hydrogens (tertiary/aromatic N) is 2. The SMILES string of the molecule is Cl.Cl.FC(F)(F)Oc1ccc([C@@H](c2cncc(Br)c2)N2CCNCC2)cc1. The number of aromatic nitrogens is 1. The first kappa shape index (κ1) is 24.0. The monoisotopic (exact) mass is 487 g/mol. The van der Waals surface area contributed by atoms with E-state index in [9.17, 15) is 13.2 Å². The van der Waals surface area contributed by atoms with Crippen molar-refractivity contribution in [2.75, 3.05) is 26.2 Å². The van der Waals surface area contributed by atoms with Gasteiger partial charge in [-0.3, -0.25) is 9.88 Å². The lowest BCUT2D eigenvalue weighted by Gasteiger charge is -2.35. The zero-order chi connectivity index (χ0) is 17.9. The Hall–Kier alpha value is -1.06. The lowest BCUT2D eigenvalue weighted by molar-refractivity contribution is -0.274. The molecule has 10 heteroatoms. The fraction of sp³-hybridized carbons (Fsp3) is 0.353. The standard InChI is InChI=1S/C17H17BrF3N3O.2ClH/c18-14-9-13(10-23-11-14)16(24-7-5-22-6-8-24)12-1-3-15(4-2-12)25-17(19,20)21;;/h1-4,9-11,16,22H,5-8H2;2*1H/t16-;;/m0../s1. The van der Waals surface area contributed by atoms with Crippen molar-refractivity contribution in [3.63, 3.8) is 0 Å². The Bertz CT molecular complexity index is 713. The molecule has 3 rings (SSSR count). The van der Waals surface area contributed by atoms with Crippen LogP contribution in [0.3, 0.4) is 0 Å². The molecule has 1 aromatic heterocycles. The summed E-state index contributed by atoms with van der Waals surface area (Å²) in [5, 5.41) is 3.31. The molecule has 1 fully saturated rings. The van der Waals surface area contributed by atoms with E-state index < -0.39 is 6.36 Å². The number of hydrogen-bond acceptors (Lipinski definition) is 4. The summed E-state index contributed by atoms with van der Waals surface area (Å²) >= 11 is 3.43. The van der Waals surface area contributed by atoms with Crippen molar-refractivity contribution in [3.8, 4) is 5.75 Å². The zero-order valence-electron chi connectivity index (χ0n) is 14.1. The van der Waals surface area contributed by atoms with Gasteiger partial charge < -0.3 is 10.1 Å². The van der Waals surface area contributed by atoms with Crippen molar-refractivity contribution < 1.29 is 17.9 Å². The van der Waals surface area contributed by atoms with Gasteiger partial charge in [-0.15, -0.1) is 38.0 Å². The Labute approximate surface area is 176 Å². The highest BCUT2D eigenvalue weighted by atomic mass is 79.9. The van der Waals surface area contributed by atoms with Gasteiger partial charge in [0.25, 0.3) is 0 Å². The van der Waals surface area contributed by atoms with Crippen LogP contribution < -0.4 is 10.1 Å².